The molecule has 0 saturated heterocycles. The number of hydrogen-bond acceptors (Lipinski definition) is 4. The van der Waals surface area contributed by atoms with Gasteiger partial charge in [0.1, 0.15) is 4.21 Å². The van der Waals surface area contributed by atoms with E-state index in [9.17, 15) is 8.42 Å². The Morgan fingerprint density at radius 2 is 2.25 bits per heavy atom. The molecule has 1 aromatic heterocycles. The van der Waals surface area contributed by atoms with Gasteiger partial charge >= 0.3 is 0 Å². The molecule has 0 saturated carbocycles. The van der Waals surface area contributed by atoms with E-state index in [4.69, 9.17) is 17.3 Å². The lowest BCUT2D eigenvalue weighted by atomic mass is 10.2. The Morgan fingerprint density at radius 3 is 2.62 bits per heavy atom. The average molecular weight is 283 g/mol. The van der Waals surface area contributed by atoms with Gasteiger partial charge in [-0.15, -0.1) is 11.3 Å². The molecule has 1 heterocycles. The first-order chi connectivity index (χ1) is 7.40. The first-order valence-electron chi connectivity index (χ1n) is 4.89. The van der Waals surface area contributed by atoms with Crippen LogP contribution >= 0.6 is 22.9 Å². The number of thiophene rings is 1. The number of halogens is 1. The SMILES string of the molecule is CCC(CN)NS(=O)(=O)c1cc(C)c(Cl)s1. The van der Waals surface area contributed by atoms with Crippen molar-refractivity contribution < 1.29 is 8.42 Å². The largest absolute Gasteiger partial charge is 0.329 e. The number of hydrogen-bond donors (Lipinski definition) is 2. The molecule has 4 nitrogen and oxygen atoms in total. The normalized spacial score (nSPS) is 14.0. The van der Waals surface area contributed by atoms with Gasteiger partial charge in [0.15, 0.2) is 0 Å². The van der Waals surface area contributed by atoms with Gasteiger partial charge in [0.25, 0.3) is 0 Å². The second-order valence-corrected chi connectivity index (χ2v) is 7.08. The molecule has 1 atom stereocenters. The van der Waals surface area contributed by atoms with Crippen molar-refractivity contribution in [1.29, 1.82) is 0 Å². The predicted molar refractivity (Wildman–Crippen MR) is 67.5 cm³/mol. The highest BCUT2D eigenvalue weighted by Crippen LogP contribution is 2.30. The molecule has 1 unspecified atom stereocenters. The van der Waals surface area contributed by atoms with Crippen LogP contribution < -0.4 is 10.5 Å². The Morgan fingerprint density at radius 1 is 1.62 bits per heavy atom. The molecule has 0 spiro atoms. The van der Waals surface area contributed by atoms with E-state index >= 15 is 0 Å². The molecule has 92 valence electrons. The van der Waals surface area contributed by atoms with E-state index in [2.05, 4.69) is 4.72 Å². The molecule has 0 amide bonds. The van der Waals surface area contributed by atoms with Crippen molar-refractivity contribution in [3.05, 3.63) is 16.0 Å². The molecule has 16 heavy (non-hydrogen) atoms. The highest BCUT2D eigenvalue weighted by Gasteiger charge is 2.21. The van der Waals surface area contributed by atoms with E-state index in [1.165, 1.54) is 0 Å². The molecule has 0 radical (unpaired) electrons. The summed E-state index contributed by atoms with van der Waals surface area (Å²) < 4.78 is 27.1. The monoisotopic (exact) mass is 282 g/mol. The molecule has 7 heteroatoms. The van der Waals surface area contributed by atoms with Crippen molar-refractivity contribution in [2.75, 3.05) is 6.54 Å². The molecule has 1 rings (SSSR count). The molecule has 0 aromatic carbocycles. The maximum absolute atomic E-state index is 11.9. The van der Waals surface area contributed by atoms with Gasteiger partial charge in [-0.05, 0) is 25.0 Å². The fourth-order valence-corrected chi connectivity index (χ4v) is 4.20. The summed E-state index contributed by atoms with van der Waals surface area (Å²) in [6.45, 7) is 3.94. The molecular weight excluding hydrogens is 268 g/mol. The minimum atomic E-state index is -3.48. The van der Waals surface area contributed by atoms with E-state index in [0.717, 1.165) is 16.9 Å². The average Bonchev–Trinajstić information content (AvgIpc) is 2.56. The van der Waals surface area contributed by atoms with Crippen LogP contribution in [0.1, 0.15) is 18.9 Å². The van der Waals surface area contributed by atoms with Crippen LogP contribution in [-0.2, 0) is 10.0 Å². The molecule has 1 aromatic rings. The van der Waals surface area contributed by atoms with Gasteiger partial charge in [-0.25, -0.2) is 13.1 Å². The molecule has 0 aliphatic carbocycles. The van der Waals surface area contributed by atoms with Gasteiger partial charge in [-0.3, -0.25) is 0 Å². The molecule has 0 fully saturated rings. The fraction of sp³-hybridized carbons (Fsp3) is 0.556. The summed E-state index contributed by atoms with van der Waals surface area (Å²) in [7, 11) is -3.48. The Labute approximate surface area is 105 Å². The third-order valence-corrected chi connectivity index (χ3v) is 5.75. The minimum absolute atomic E-state index is 0.230. The number of nitrogens with two attached hydrogens (primary N) is 1. The maximum atomic E-state index is 11.9. The highest BCUT2D eigenvalue weighted by atomic mass is 35.5. The summed E-state index contributed by atoms with van der Waals surface area (Å²) in [5, 5.41) is 0. The first kappa shape index (κ1) is 13.9. The second kappa shape index (κ2) is 5.46. The van der Waals surface area contributed by atoms with Crippen LogP contribution in [0.5, 0.6) is 0 Å². The summed E-state index contributed by atoms with van der Waals surface area (Å²) in [5.74, 6) is 0. The van der Waals surface area contributed by atoms with Crippen molar-refractivity contribution in [3.8, 4) is 0 Å². The van der Waals surface area contributed by atoms with Crippen LogP contribution in [0.2, 0.25) is 4.34 Å². The van der Waals surface area contributed by atoms with Crippen LogP contribution in [0.15, 0.2) is 10.3 Å². The zero-order valence-electron chi connectivity index (χ0n) is 9.16. The number of sulfonamides is 1. The van der Waals surface area contributed by atoms with E-state index in [0.29, 0.717) is 10.8 Å². The summed E-state index contributed by atoms with van der Waals surface area (Å²) in [5.41, 5.74) is 6.23. The fourth-order valence-electron chi connectivity index (χ4n) is 1.14. The van der Waals surface area contributed by atoms with Crippen molar-refractivity contribution in [2.45, 2.75) is 30.5 Å². The zero-order chi connectivity index (χ0) is 12.3. The molecule has 3 N–H and O–H groups in total. The molecule has 0 bridgehead atoms. The smallest absolute Gasteiger partial charge is 0.250 e. The number of aryl methyl sites for hydroxylation is 1. The summed E-state index contributed by atoms with van der Waals surface area (Å²) in [4.78, 5) is 0. The lowest BCUT2D eigenvalue weighted by Crippen LogP contribution is -2.39. The summed E-state index contributed by atoms with van der Waals surface area (Å²) in [6, 6.07) is 1.34. The molecule has 0 aliphatic rings. The van der Waals surface area contributed by atoms with Crippen molar-refractivity contribution in [3.63, 3.8) is 0 Å². The predicted octanol–water partition coefficient (Wildman–Crippen LogP) is 1.73. The summed E-state index contributed by atoms with van der Waals surface area (Å²) in [6.07, 6.45) is 0.661. The summed E-state index contributed by atoms with van der Waals surface area (Å²) >= 11 is 6.90. The third-order valence-electron chi connectivity index (χ3n) is 2.20. The molecular formula is C9H15ClN2O2S2. The second-order valence-electron chi connectivity index (χ2n) is 3.48. The van der Waals surface area contributed by atoms with Gasteiger partial charge in [-0.2, -0.15) is 0 Å². The number of rotatable bonds is 5. The van der Waals surface area contributed by atoms with Gasteiger partial charge in [0.05, 0.1) is 4.34 Å². The Bertz CT molecular complexity index is 433. The lowest BCUT2D eigenvalue weighted by molar-refractivity contribution is 0.544. The third kappa shape index (κ3) is 3.18. The Hall–Kier alpha value is -0.140. The van der Waals surface area contributed by atoms with Gasteiger partial charge < -0.3 is 5.73 Å². The van der Waals surface area contributed by atoms with Crippen LogP contribution in [0, 0.1) is 6.92 Å². The Kier molecular flexibility index (Phi) is 4.75. The van der Waals surface area contributed by atoms with Gasteiger partial charge in [0.2, 0.25) is 10.0 Å². The van der Waals surface area contributed by atoms with Crippen LogP contribution in [-0.4, -0.2) is 21.0 Å². The standard InChI is InChI=1S/C9H15ClN2O2S2/c1-3-7(5-11)12-16(13,14)8-4-6(2)9(10)15-8/h4,7,12H,3,5,11H2,1-2H3. The van der Waals surface area contributed by atoms with Crippen LogP contribution in [0.4, 0.5) is 0 Å². The van der Waals surface area contributed by atoms with E-state index in [-0.39, 0.29) is 16.8 Å². The Balaban J connectivity index is 2.94. The van der Waals surface area contributed by atoms with Gasteiger partial charge in [-0.1, -0.05) is 18.5 Å². The van der Waals surface area contributed by atoms with E-state index < -0.39 is 10.0 Å². The van der Waals surface area contributed by atoms with E-state index in [1.807, 2.05) is 6.92 Å². The topological polar surface area (TPSA) is 72.2 Å². The van der Waals surface area contributed by atoms with Crippen LogP contribution in [0.3, 0.4) is 0 Å². The zero-order valence-corrected chi connectivity index (χ0v) is 11.5. The minimum Gasteiger partial charge on any atom is -0.329 e. The van der Waals surface area contributed by atoms with Crippen molar-refractivity contribution >= 4 is 33.0 Å². The van der Waals surface area contributed by atoms with Crippen molar-refractivity contribution in [2.24, 2.45) is 5.73 Å². The number of nitrogens with one attached hydrogen (secondary N) is 1. The van der Waals surface area contributed by atoms with Crippen molar-refractivity contribution in [1.82, 2.24) is 4.72 Å². The highest BCUT2D eigenvalue weighted by molar-refractivity contribution is 7.91. The molecule has 0 aliphatic heterocycles. The quantitative estimate of drug-likeness (QED) is 0.864. The van der Waals surface area contributed by atoms with Gasteiger partial charge in [0, 0.05) is 12.6 Å². The first-order valence-corrected chi connectivity index (χ1v) is 7.56. The van der Waals surface area contributed by atoms with E-state index in [1.54, 1.807) is 13.0 Å². The van der Waals surface area contributed by atoms with Crippen LogP contribution in [0.25, 0.3) is 0 Å². The lowest BCUT2D eigenvalue weighted by Gasteiger charge is -2.13. The maximum Gasteiger partial charge on any atom is 0.250 e.